The summed E-state index contributed by atoms with van der Waals surface area (Å²) in [4.78, 5) is 21.6. The number of amides is 2. The van der Waals surface area contributed by atoms with Gasteiger partial charge in [0.05, 0.1) is 24.4 Å². The van der Waals surface area contributed by atoms with E-state index in [2.05, 4.69) is 36.2 Å². The van der Waals surface area contributed by atoms with Gasteiger partial charge in [-0.1, -0.05) is 23.5 Å². The van der Waals surface area contributed by atoms with Crippen LogP contribution in [0.3, 0.4) is 0 Å². The second-order valence-electron chi connectivity index (χ2n) is 7.75. The molecule has 4 rings (SSSR count). The van der Waals surface area contributed by atoms with Gasteiger partial charge in [0.25, 0.3) is 0 Å². The second-order valence-corrected chi connectivity index (χ2v) is 8.76. The molecule has 0 unspecified atom stereocenters. The first-order valence-corrected chi connectivity index (χ1v) is 11.2. The van der Waals surface area contributed by atoms with E-state index in [9.17, 15) is 4.79 Å². The molecule has 1 saturated heterocycles. The number of anilines is 1. The van der Waals surface area contributed by atoms with Crippen LogP contribution in [0, 0.1) is 13.8 Å². The number of carbonyl (C=O) groups excluding carboxylic acids is 1. The number of nitrogens with one attached hydrogen (secondary N) is 1. The Morgan fingerprint density at radius 2 is 1.81 bits per heavy atom. The lowest BCUT2D eigenvalue weighted by atomic mass is 10.1. The van der Waals surface area contributed by atoms with Crippen molar-refractivity contribution in [3.63, 3.8) is 0 Å². The molecule has 0 saturated carbocycles. The number of aryl methyl sites for hydroxylation is 2. The first-order chi connectivity index (χ1) is 15.0. The molecule has 2 amide bonds. The van der Waals surface area contributed by atoms with E-state index in [4.69, 9.17) is 14.5 Å². The molecule has 31 heavy (non-hydrogen) atoms. The second kappa shape index (κ2) is 9.01. The largest absolute Gasteiger partial charge is 0.493 e. The fourth-order valence-corrected chi connectivity index (χ4v) is 5.07. The lowest BCUT2D eigenvalue weighted by molar-refractivity contribution is 0.194. The Hall–Kier alpha value is -3.00. The molecule has 2 heterocycles. The Balaban J connectivity index is 1.33. The van der Waals surface area contributed by atoms with Crippen LogP contribution in [0.25, 0.3) is 10.2 Å². The molecule has 1 fully saturated rings. The van der Waals surface area contributed by atoms with Gasteiger partial charge >= 0.3 is 6.03 Å². The molecule has 2 aromatic carbocycles. The first kappa shape index (κ1) is 21.2. The van der Waals surface area contributed by atoms with Crippen LogP contribution in [0.1, 0.15) is 16.7 Å². The highest BCUT2D eigenvalue weighted by Gasteiger charge is 2.23. The molecule has 7 nitrogen and oxygen atoms in total. The average Bonchev–Trinajstić information content (AvgIpc) is 3.21. The van der Waals surface area contributed by atoms with E-state index < -0.39 is 0 Å². The molecule has 0 atom stereocenters. The van der Waals surface area contributed by atoms with Crippen molar-refractivity contribution in [2.24, 2.45) is 0 Å². The molecule has 0 radical (unpaired) electrons. The maximum atomic E-state index is 12.6. The smallest absolute Gasteiger partial charge is 0.317 e. The van der Waals surface area contributed by atoms with Crippen LogP contribution in [0.15, 0.2) is 30.3 Å². The summed E-state index contributed by atoms with van der Waals surface area (Å²) in [6.07, 6.45) is 0. The van der Waals surface area contributed by atoms with E-state index in [-0.39, 0.29) is 6.03 Å². The molecule has 0 bridgehead atoms. The van der Waals surface area contributed by atoms with Gasteiger partial charge in [-0.2, -0.15) is 0 Å². The third-order valence-electron chi connectivity index (χ3n) is 5.55. The van der Waals surface area contributed by atoms with Crippen molar-refractivity contribution < 1.29 is 14.3 Å². The Bertz CT molecular complexity index is 1090. The number of nitrogens with zero attached hydrogens (tertiary/aromatic N) is 3. The first-order valence-electron chi connectivity index (χ1n) is 10.3. The number of fused-ring (bicyclic) bond motifs is 1. The summed E-state index contributed by atoms with van der Waals surface area (Å²) in [7, 11) is 3.21. The topological polar surface area (TPSA) is 66.9 Å². The van der Waals surface area contributed by atoms with Crippen LogP contribution in [0.5, 0.6) is 11.5 Å². The summed E-state index contributed by atoms with van der Waals surface area (Å²) in [5.74, 6) is 1.33. The minimum atomic E-state index is -0.0507. The molecule has 3 aromatic rings. The predicted molar refractivity (Wildman–Crippen MR) is 125 cm³/mol. The van der Waals surface area contributed by atoms with Gasteiger partial charge in [-0.05, 0) is 48.7 Å². The summed E-state index contributed by atoms with van der Waals surface area (Å²) < 4.78 is 11.8. The van der Waals surface area contributed by atoms with Gasteiger partial charge in [0.15, 0.2) is 16.6 Å². The number of aromatic nitrogens is 1. The number of carbonyl (C=O) groups is 1. The van der Waals surface area contributed by atoms with Crippen molar-refractivity contribution >= 4 is 32.7 Å². The number of rotatable bonds is 5. The summed E-state index contributed by atoms with van der Waals surface area (Å²) >= 11 is 1.73. The van der Waals surface area contributed by atoms with Crippen LogP contribution < -0.4 is 19.7 Å². The number of piperazine rings is 1. The zero-order valence-electron chi connectivity index (χ0n) is 18.4. The molecule has 0 aliphatic carbocycles. The van der Waals surface area contributed by atoms with E-state index >= 15 is 0 Å². The number of thiazole rings is 1. The summed E-state index contributed by atoms with van der Waals surface area (Å²) in [5.41, 5.74) is 4.52. The maximum Gasteiger partial charge on any atom is 0.317 e. The van der Waals surface area contributed by atoms with Crippen molar-refractivity contribution in [1.29, 1.82) is 0 Å². The fourth-order valence-electron chi connectivity index (χ4n) is 3.88. The molecular weight excluding hydrogens is 412 g/mol. The number of benzene rings is 2. The third kappa shape index (κ3) is 4.54. The lowest BCUT2D eigenvalue weighted by Crippen LogP contribution is -2.51. The Morgan fingerprint density at radius 3 is 2.52 bits per heavy atom. The van der Waals surface area contributed by atoms with E-state index in [0.29, 0.717) is 31.1 Å². The highest BCUT2D eigenvalue weighted by atomic mass is 32.1. The molecular formula is C23H28N4O3S. The van der Waals surface area contributed by atoms with Crippen LogP contribution in [0.2, 0.25) is 0 Å². The fraction of sp³-hybridized carbons (Fsp3) is 0.391. The number of ether oxygens (including phenoxy) is 2. The molecule has 164 valence electrons. The van der Waals surface area contributed by atoms with Gasteiger partial charge in [-0.3, -0.25) is 0 Å². The molecule has 1 aromatic heterocycles. The monoisotopic (exact) mass is 440 g/mol. The molecule has 1 aliphatic heterocycles. The standard InChI is InChI=1S/C23H28N4O3S/c1-15-11-16(2)21-20(12-15)31-23(25-21)27-9-7-26(8-10-27)22(28)24-14-17-5-6-18(29-3)19(13-17)30-4/h5-6,11-13H,7-10,14H2,1-4H3,(H,24,28). The Kier molecular flexibility index (Phi) is 6.18. The number of methoxy groups -OCH3 is 2. The number of hydrogen-bond acceptors (Lipinski definition) is 6. The maximum absolute atomic E-state index is 12.6. The van der Waals surface area contributed by atoms with Gasteiger partial charge in [0.1, 0.15) is 0 Å². The summed E-state index contributed by atoms with van der Waals surface area (Å²) in [6.45, 7) is 7.57. The van der Waals surface area contributed by atoms with Crippen molar-refractivity contribution in [3.05, 3.63) is 47.0 Å². The van der Waals surface area contributed by atoms with Crippen molar-refractivity contribution in [1.82, 2.24) is 15.2 Å². The van der Waals surface area contributed by atoms with Gasteiger partial charge in [0.2, 0.25) is 0 Å². The minimum absolute atomic E-state index is 0.0507. The lowest BCUT2D eigenvalue weighted by Gasteiger charge is -2.34. The van der Waals surface area contributed by atoms with E-state index in [0.717, 1.165) is 29.3 Å². The van der Waals surface area contributed by atoms with E-state index in [1.54, 1.807) is 25.6 Å². The highest BCUT2D eigenvalue weighted by Crippen LogP contribution is 2.32. The average molecular weight is 441 g/mol. The zero-order valence-corrected chi connectivity index (χ0v) is 19.2. The molecule has 1 N–H and O–H groups in total. The van der Waals surface area contributed by atoms with Crippen LogP contribution >= 0.6 is 11.3 Å². The van der Waals surface area contributed by atoms with Crippen molar-refractivity contribution in [3.8, 4) is 11.5 Å². The number of hydrogen-bond donors (Lipinski definition) is 1. The molecule has 1 aliphatic rings. The van der Waals surface area contributed by atoms with E-state index in [1.165, 1.54) is 15.8 Å². The minimum Gasteiger partial charge on any atom is -0.493 e. The molecule has 8 heteroatoms. The third-order valence-corrected chi connectivity index (χ3v) is 6.61. The normalized spacial score (nSPS) is 14.1. The van der Waals surface area contributed by atoms with Crippen LogP contribution in [0.4, 0.5) is 9.93 Å². The van der Waals surface area contributed by atoms with Crippen LogP contribution in [-0.2, 0) is 6.54 Å². The SMILES string of the molecule is COc1ccc(CNC(=O)N2CCN(c3nc4c(C)cc(C)cc4s3)CC2)cc1OC. The summed E-state index contributed by atoms with van der Waals surface area (Å²) in [5, 5.41) is 4.04. The van der Waals surface area contributed by atoms with Gasteiger partial charge < -0.3 is 24.6 Å². The van der Waals surface area contributed by atoms with Gasteiger partial charge in [-0.15, -0.1) is 0 Å². The van der Waals surface area contributed by atoms with E-state index in [1.807, 2.05) is 23.1 Å². The number of urea groups is 1. The highest BCUT2D eigenvalue weighted by molar-refractivity contribution is 7.22. The molecule has 0 spiro atoms. The quantitative estimate of drug-likeness (QED) is 0.650. The summed E-state index contributed by atoms with van der Waals surface area (Å²) in [6, 6.07) is 9.98. The Labute approximate surface area is 186 Å². The van der Waals surface area contributed by atoms with Gasteiger partial charge in [0, 0.05) is 32.7 Å². The van der Waals surface area contributed by atoms with Gasteiger partial charge in [-0.25, -0.2) is 9.78 Å². The van der Waals surface area contributed by atoms with Crippen LogP contribution in [-0.4, -0.2) is 56.3 Å². The zero-order chi connectivity index (χ0) is 22.0. The van der Waals surface area contributed by atoms with Crippen molar-refractivity contribution in [2.75, 3.05) is 45.3 Å². The van der Waals surface area contributed by atoms with Crippen molar-refractivity contribution in [2.45, 2.75) is 20.4 Å². The Morgan fingerprint density at radius 1 is 1.06 bits per heavy atom. The predicted octanol–water partition coefficient (Wildman–Crippen LogP) is 3.96.